The van der Waals surface area contributed by atoms with Gasteiger partial charge in [0.15, 0.2) is 5.75 Å². The zero-order valence-corrected chi connectivity index (χ0v) is 19.0. The van der Waals surface area contributed by atoms with Crippen LogP contribution < -0.4 is 15.4 Å². The van der Waals surface area contributed by atoms with Gasteiger partial charge in [-0.3, -0.25) is 4.79 Å². The smallest absolute Gasteiger partial charge is 0.390 e. The molecule has 0 aliphatic heterocycles. The Bertz CT molecular complexity index is 1370. The van der Waals surface area contributed by atoms with E-state index >= 15 is 0 Å². The number of amides is 1. The van der Waals surface area contributed by atoms with E-state index in [1.807, 2.05) is 12.1 Å². The van der Waals surface area contributed by atoms with Crippen LogP contribution in [0.25, 0.3) is 15.7 Å². The molecule has 0 bridgehead atoms. The minimum atomic E-state index is -4.29. The number of hydrogen-bond donors (Lipinski definition) is 2. The van der Waals surface area contributed by atoms with E-state index in [9.17, 15) is 18.0 Å². The van der Waals surface area contributed by atoms with Crippen LogP contribution in [0.2, 0.25) is 0 Å². The van der Waals surface area contributed by atoms with Crippen LogP contribution in [0.3, 0.4) is 0 Å². The van der Waals surface area contributed by atoms with E-state index < -0.39 is 19.1 Å². The molecule has 0 spiro atoms. The number of halogens is 3. The highest BCUT2D eigenvalue weighted by Crippen LogP contribution is 2.41. The number of methoxy groups -OCH3 is 1. The van der Waals surface area contributed by atoms with Crippen molar-refractivity contribution in [3.8, 4) is 5.75 Å². The van der Waals surface area contributed by atoms with Crippen LogP contribution >= 0.6 is 11.3 Å². The fourth-order valence-corrected chi connectivity index (χ4v) is 5.50. The first-order valence-electron chi connectivity index (χ1n) is 10.7. The number of aryl methyl sites for hydroxylation is 1. The minimum Gasteiger partial charge on any atom is -0.493 e. The predicted octanol–water partition coefficient (Wildman–Crippen LogP) is 4.26. The number of thiophene rings is 1. The van der Waals surface area contributed by atoms with Gasteiger partial charge in [-0.05, 0) is 37.0 Å². The number of anilines is 2. The van der Waals surface area contributed by atoms with Gasteiger partial charge >= 0.3 is 6.18 Å². The number of nitrogens with zero attached hydrogens (tertiary/aromatic N) is 4. The van der Waals surface area contributed by atoms with Gasteiger partial charge < -0.3 is 15.4 Å². The second-order valence-electron chi connectivity index (χ2n) is 8.08. The summed E-state index contributed by atoms with van der Waals surface area (Å²) in [5.74, 6) is 0.540. The molecule has 1 aliphatic rings. The first-order chi connectivity index (χ1) is 16.3. The predicted molar refractivity (Wildman–Crippen MR) is 122 cm³/mol. The van der Waals surface area contributed by atoms with Gasteiger partial charge in [0.05, 0.1) is 36.3 Å². The standard InChI is InChI=1S/C22H21F3N6O2S/c1-33-16-10-31-13(4-6-29-31)9-15(16)30-19-18-14-3-2-12(20(32)26-7-5-22(23,24)25)8-17(14)34-21(18)28-11-27-19/h4,6,9-12H,2-3,5,7-8H2,1H3,(H,26,32)(H,27,28,30). The van der Waals surface area contributed by atoms with E-state index in [0.29, 0.717) is 30.8 Å². The first kappa shape index (κ1) is 22.4. The number of aromatic nitrogens is 4. The molecule has 0 aromatic carbocycles. The number of fused-ring (bicyclic) bond motifs is 4. The molecule has 2 N–H and O–H groups in total. The number of alkyl halides is 3. The van der Waals surface area contributed by atoms with Crippen LogP contribution in [0, 0.1) is 5.92 Å². The van der Waals surface area contributed by atoms with Crippen LogP contribution in [0.15, 0.2) is 30.9 Å². The Labute approximate surface area is 196 Å². The molecule has 178 valence electrons. The Balaban J connectivity index is 1.40. The molecular weight excluding hydrogens is 469 g/mol. The summed E-state index contributed by atoms with van der Waals surface area (Å²) in [6.07, 6.45) is 1.29. The van der Waals surface area contributed by atoms with Gasteiger partial charge in [0.25, 0.3) is 0 Å². The van der Waals surface area contributed by atoms with Crippen molar-refractivity contribution in [1.82, 2.24) is 24.9 Å². The van der Waals surface area contributed by atoms with Crippen molar-refractivity contribution in [1.29, 1.82) is 0 Å². The third-order valence-corrected chi connectivity index (χ3v) is 7.06. The Morgan fingerprint density at radius 3 is 3.00 bits per heavy atom. The summed E-state index contributed by atoms with van der Waals surface area (Å²) in [6, 6.07) is 3.80. The molecule has 1 amide bonds. The van der Waals surface area contributed by atoms with Crippen molar-refractivity contribution < 1.29 is 22.7 Å². The monoisotopic (exact) mass is 490 g/mol. The first-order valence-corrected chi connectivity index (χ1v) is 11.5. The van der Waals surface area contributed by atoms with Crippen molar-refractivity contribution in [2.75, 3.05) is 19.0 Å². The van der Waals surface area contributed by atoms with E-state index in [1.165, 1.54) is 17.7 Å². The van der Waals surface area contributed by atoms with Crippen molar-refractivity contribution in [2.45, 2.75) is 31.9 Å². The van der Waals surface area contributed by atoms with Crippen molar-refractivity contribution in [3.05, 3.63) is 41.3 Å². The molecule has 1 unspecified atom stereocenters. The van der Waals surface area contributed by atoms with Crippen LogP contribution in [-0.2, 0) is 17.6 Å². The Hall–Kier alpha value is -3.41. The number of carbonyl (C=O) groups is 1. The van der Waals surface area contributed by atoms with E-state index in [0.717, 1.165) is 31.9 Å². The molecule has 34 heavy (non-hydrogen) atoms. The second kappa shape index (κ2) is 8.75. The highest BCUT2D eigenvalue weighted by molar-refractivity contribution is 7.19. The zero-order chi connectivity index (χ0) is 23.9. The molecule has 4 heterocycles. The summed E-state index contributed by atoms with van der Waals surface area (Å²) in [6.45, 7) is -0.402. The lowest BCUT2D eigenvalue weighted by molar-refractivity contribution is -0.136. The lowest BCUT2D eigenvalue weighted by atomic mass is 9.87. The molecule has 4 aromatic heterocycles. The summed E-state index contributed by atoms with van der Waals surface area (Å²) in [5.41, 5.74) is 2.69. The normalized spacial score (nSPS) is 15.9. The number of rotatable bonds is 6. The zero-order valence-electron chi connectivity index (χ0n) is 18.1. The maximum Gasteiger partial charge on any atom is 0.390 e. The molecule has 4 aromatic rings. The number of carbonyl (C=O) groups excluding carboxylic acids is 1. The van der Waals surface area contributed by atoms with Gasteiger partial charge in [0, 0.05) is 23.5 Å². The maximum absolute atomic E-state index is 12.4. The van der Waals surface area contributed by atoms with Gasteiger partial charge in [-0.25, -0.2) is 14.5 Å². The second-order valence-corrected chi connectivity index (χ2v) is 9.17. The average Bonchev–Trinajstić information content (AvgIpc) is 3.41. The molecule has 0 fully saturated rings. The summed E-state index contributed by atoms with van der Waals surface area (Å²) in [5, 5.41) is 10.9. The van der Waals surface area contributed by atoms with Crippen molar-refractivity contribution in [2.24, 2.45) is 5.92 Å². The van der Waals surface area contributed by atoms with E-state index in [2.05, 4.69) is 25.7 Å². The number of nitrogens with one attached hydrogen (secondary N) is 2. The topological polar surface area (TPSA) is 93.4 Å². The quantitative estimate of drug-likeness (QED) is 0.420. The lowest BCUT2D eigenvalue weighted by Crippen LogP contribution is -2.35. The van der Waals surface area contributed by atoms with E-state index in [1.54, 1.807) is 24.0 Å². The number of hydrogen-bond acceptors (Lipinski definition) is 7. The molecule has 0 saturated heterocycles. The highest BCUT2D eigenvalue weighted by atomic mass is 32.1. The van der Waals surface area contributed by atoms with E-state index in [-0.39, 0.29) is 11.8 Å². The van der Waals surface area contributed by atoms with Crippen LogP contribution in [0.4, 0.5) is 24.7 Å². The average molecular weight is 491 g/mol. The molecule has 1 atom stereocenters. The summed E-state index contributed by atoms with van der Waals surface area (Å²) >= 11 is 1.49. The largest absolute Gasteiger partial charge is 0.493 e. The lowest BCUT2D eigenvalue weighted by Gasteiger charge is -2.22. The van der Waals surface area contributed by atoms with Crippen molar-refractivity contribution >= 4 is 44.5 Å². The summed E-state index contributed by atoms with van der Waals surface area (Å²) in [7, 11) is 1.58. The van der Waals surface area contributed by atoms with E-state index in [4.69, 9.17) is 4.74 Å². The Morgan fingerprint density at radius 1 is 1.35 bits per heavy atom. The molecule has 0 radical (unpaired) electrons. The third-order valence-electron chi connectivity index (χ3n) is 5.89. The fraction of sp³-hybridized carbons (Fsp3) is 0.364. The molecule has 1 aliphatic carbocycles. The number of pyridine rings is 1. The number of ether oxygens (including phenoxy) is 1. The summed E-state index contributed by atoms with van der Waals surface area (Å²) < 4.78 is 44.4. The Kier molecular flexibility index (Phi) is 5.76. The van der Waals surface area contributed by atoms with Crippen molar-refractivity contribution in [3.63, 3.8) is 0 Å². The molecule has 0 saturated carbocycles. The van der Waals surface area contributed by atoms with Gasteiger partial charge in [0.1, 0.15) is 17.0 Å². The molecule has 5 rings (SSSR count). The summed E-state index contributed by atoms with van der Waals surface area (Å²) in [4.78, 5) is 23.1. The third kappa shape index (κ3) is 4.37. The van der Waals surface area contributed by atoms with Crippen LogP contribution in [0.1, 0.15) is 23.3 Å². The molecular formula is C22H21F3N6O2S. The SMILES string of the molecule is COc1cn2nccc2cc1Nc1ncnc2sc3c(c12)CCC(C(=O)NCCC(F)(F)F)C3. The maximum atomic E-state index is 12.4. The van der Waals surface area contributed by atoms with Gasteiger partial charge in [0.2, 0.25) is 5.91 Å². The molecule has 12 heteroatoms. The molecule has 8 nitrogen and oxygen atoms in total. The van der Waals surface area contributed by atoms with Gasteiger partial charge in [-0.1, -0.05) is 0 Å². The van der Waals surface area contributed by atoms with Gasteiger partial charge in [-0.2, -0.15) is 18.3 Å². The van der Waals surface area contributed by atoms with Gasteiger partial charge in [-0.15, -0.1) is 11.3 Å². The Morgan fingerprint density at radius 2 is 2.21 bits per heavy atom. The minimum absolute atomic E-state index is 0.337. The highest BCUT2D eigenvalue weighted by Gasteiger charge is 2.31. The fourth-order valence-electron chi connectivity index (χ4n) is 4.23. The van der Waals surface area contributed by atoms with Crippen LogP contribution in [0.5, 0.6) is 5.75 Å². The van der Waals surface area contributed by atoms with Crippen LogP contribution in [-0.4, -0.2) is 45.3 Å².